The maximum absolute atomic E-state index is 6.44. The Hall–Kier alpha value is -14.9. The Bertz CT molecular complexity index is 8100. The Morgan fingerprint density at radius 2 is 0.607 bits per heavy atom. The first-order valence-electron chi connectivity index (χ1n) is 42.4. The van der Waals surface area contributed by atoms with Crippen LogP contribution in [0.2, 0.25) is 0 Å². The third-order valence-electron chi connectivity index (χ3n) is 26.6. The van der Waals surface area contributed by atoms with E-state index in [0.717, 1.165) is 106 Å². The van der Waals surface area contributed by atoms with Crippen LogP contribution >= 0.6 is 11.3 Å². The fraction of sp³-hybridized carbons (Fsp3) is 0.0508. The van der Waals surface area contributed by atoms with Crippen molar-refractivity contribution >= 4 is 131 Å². The first-order valence-corrected chi connectivity index (χ1v) is 43.2. The van der Waals surface area contributed by atoms with Crippen molar-refractivity contribution in [2.45, 2.75) is 38.5 Å². The van der Waals surface area contributed by atoms with Crippen LogP contribution in [0, 0.1) is 0 Å². The van der Waals surface area contributed by atoms with E-state index in [4.69, 9.17) is 4.42 Å². The molecule has 0 saturated carbocycles. The average molecular weight is 1570 g/mol. The largest absolute Gasteiger partial charge is 0.456 e. The first-order chi connectivity index (χ1) is 60.0. The maximum atomic E-state index is 6.44. The van der Waals surface area contributed by atoms with E-state index < -0.39 is 0 Å². The fourth-order valence-electron chi connectivity index (χ4n) is 20.5. The molecule has 20 aromatic carbocycles. The molecule has 122 heavy (non-hydrogen) atoms. The van der Waals surface area contributed by atoms with E-state index in [-0.39, 0.29) is 10.8 Å². The van der Waals surface area contributed by atoms with Crippen LogP contribution in [0.5, 0.6) is 0 Å². The second-order valence-corrected chi connectivity index (χ2v) is 35.2. The van der Waals surface area contributed by atoms with Gasteiger partial charge in [-0.3, -0.25) is 0 Å². The number of benzene rings is 20. The third-order valence-corrected chi connectivity index (χ3v) is 27.8. The molecule has 24 rings (SSSR count). The monoisotopic (exact) mass is 1570 g/mol. The minimum atomic E-state index is -0.371. The van der Waals surface area contributed by atoms with E-state index >= 15 is 0 Å². The van der Waals surface area contributed by atoms with E-state index in [0.29, 0.717) is 0 Å². The van der Waals surface area contributed by atoms with Crippen molar-refractivity contribution in [3.05, 3.63) is 435 Å². The smallest absolute Gasteiger partial charge is 0.135 e. The fourth-order valence-corrected chi connectivity index (χ4v) is 21.8. The van der Waals surface area contributed by atoms with Crippen LogP contribution in [-0.4, -0.2) is 0 Å². The highest BCUT2D eigenvalue weighted by Crippen LogP contribution is 2.57. The van der Waals surface area contributed by atoms with Gasteiger partial charge in [0, 0.05) is 81.2 Å². The van der Waals surface area contributed by atoms with Gasteiger partial charge in [0.15, 0.2) is 0 Å². The Kier molecular flexibility index (Phi) is 16.2. The van der Waals surface area contributed by atoms with Gasteiger partial charge < -0.3 is 14.2 Å². The molecule has 0 radical (unpaired) electrons. The van der Waals surface area contributed by atoms with Gasteiger partial charge in [0.25, 0.3) is 0 Å². The normalized spacial score (nSPS) is 13.0. The summed E-state index contributed by atoms with van der Waals surface area (Å²) in [6.45, 7) is 9.69. The summed E-state index contributed by atoms with van der Waals surface area (Å²) < 4.78 is 8.94. The van der Waals surface area contributed by atoms with Crippen LogP contribution in [0.3, 0.4) is 0 Å². The summed E-state index contributed by atoms with van der Waals surface area (Å²) in [6.07, 6.45) is 0. The zero-order valence-electron chi connectivity index (χ0n) is 68.0. The summed E-state index contributed by atoms with van der Waals surface area (Å²) >= 11 is 1.88. The molecule has 574 valence electrons. The number of nitrogens with zero attached hydrogens (tertiary/aromatic N) is 2. The number of anilines is 6. The van der Waals surface area contributed by atoms with Gasteiger partial charge in [-0.05, 0) is 270 Å². The molecule has 0 atom stereocenters. The summed E-state index contributed by atoms with van der Waals surface area (Å²) in [4.78, 5) is 5.06. The van der Waals surface area contributed by atoms with Crippen LogP contribution in [0.25, 0.3) is 185 Å². The average Bonchev–Trinajstić information content (AvgIpc) is 1.47. The number of furan rings is 1. The highest BCUT2D eigenvalue weighted by Gasteiger charge is 2.39. The molecule has 22 aromatic rings. The molecule has 0 bridgehead atoms. The van der Waals surface area contributed by atoms with Gasteiger partial charge >= 0.3 is 0 Å². The Morgan fingerprint density at radius 1 is 0.205 bits per heavy atom. The topological polar surface area (TPSA) is 19.6 Å². The van der Waals surface area contributed by atoms with E-state index in [1.807, 2.05) is 17.4 Å². The molecule has 0 saturated heterocycles. The van der Waals surface area contributed by atoms with Crippen molar-refractivity contribution < 1.29 is 4.42 Å². The van der Waals surface area contributed by atoms with Gasteiger partial charge in [0.05, 0.1) is 11.4 Å². The lowest BCUT2D eigenvalue weighted by atomic mass is 9.81. The van der Waals surface area contributed by atoms with Crippen molar-refractivity contribution in [3.63, 3.8) is 0 Å². The molecule has 2 heterocycles. The minimum absolute atomic E-state index is 0.332. The highest BCUT2D eigenvalue weighted by molar-refractivity contribution is 7.26. The Balaban J connectivity index is 0.670. The molecular weight excluding hydrogens is 1490 g/mol. The van der Waals surface area contributed by atoms with E-state index in [2.05, 4.69) is 444 Å². The zero-order chi connectivity index (χ0) is 81.1. The van der Waals surface area contributed by atoms with Crippen LogP contribution in [0.15, 0.2) is 417 Å². The van der Waals surface area contributed by atoms with E-state index in [1.54, 1.807) is 0 Å². The third kappa shape index (κ3) is 11.4. The van der Waals surface area contributed by atoms with E-state index in [9.17, 15) is 0 Å². The molecule has 0 amide bonds. The molecule has 4 heteroatoms. The van der Waals surface area contributed by atoms with Crippen molar-refractivity contribution in [2.75, 3.05) is 9.80 Å². The molecule has 0 unspecified atom stereocenters. The molecule has 3 nitrogen and oxygen atoms in total. The predicted octanol–water partition coefficient (Wildman–Crippen LogP) is 33.8. The van der Waals surface area contributed by atoms with Crippen molar-refractivity contribution in [3.8, 4) is 100 Å². The number of rotatable bonds is 13. The van der Waals surface area contributed by atoms with Gasteiger partial charge in [0.1, 0.15) is 11.2 Å². The van der Waals surface area contributed by atoms with Crippen LogP contribution < -0.4 is 9.80 Å². The molecule has 0 fully saturated rings. The molecular formula is C118H80N2OS. The van der Waals surface area contributed by atoms with Gasteiger partial charge in [0.2, 0.25) is 0 Å². The summed E-state index contributed by atoms with van der Waals surface area (Å²) in [5.74, 6) is 0. The zero-order valence-corrected chi connectivity index (χ0v) is 68.8. The number of hydrogen-bond acceptors (Lipinski definition) is 4. The second kappa shape index (κ2) is 27.8. The summed E-state index contributed by atoms with van der Waals surface area (Å²) in [6, 6.07) is 155. The number of thiophene rings is 1. The number of para-hydroxylation sites is 2. The summed E-state index contributed by atoms with van der Waals surface area (Å²) in [5.41, 5.74) is 34.1. The van der Waals surface area contributed by atoms with Gasteiger partial charge in [-0.15, -0.1) is 11.3 Å². The van der Waals surface area contributed by atoms with Crippen molar-refractivity contribution in [2.24, 2.45) is 0 Å². The van der Waals surface area contributed by atoms with Gasteiger partial charge in [-0.25, -0.2) is 0 Å². The molecule has 2 aliphatic carbocycles. The van der Waals surface area contributed by atoms with E-state index in [1.165, 1.54) is 136 Å². The first kappa shape index (κ1) is 71.2. The standard InChI is InChI=1S/C118H80N2OS/c1-117(2)107-68-81(102-64-79-31-11-13-37-88(79)92-40-15-17-42-94(92)102)50-56-96(107)98-58-53-86(71-109(98)117)119(111-46-22-19-39-90(111)73-27-7-5-8-28-73)85-36-26-34-78(62-85)104-66-83(67-106-101-45-21-24-48-115(101)122-116(104)106)77-49-55-91(74-29-9-6-10-30-74)112(70-77)120(84-35-25-33-75(61-84)76-52-60-114-105(63-76)100-44-20-23-47-113(100)121-114)87-54-59-99-97-57-51-82(69-108(97)118(3,4)110(99)72-87)103-65-80-32-12-14-38-89(80)93-41-16-18-43-95(93)103/h5-72H,1-4H3. The Labute approximate surface area is 713 Å². The SMILES string of the molecule is CC1(C)c2cc(-c3cc4ccccc4c4ccccc34)ccc2-c2ccc(N(c3cccc(-c4cc(-c5ccc(-c6ccccc6)c(N(c6cccc(-c7ccc8oc9ccccc9c8c7)c6)c6ccc7c(c6)C(C)(C)c6cc(-c8cc9ccccc9c9ccccc89)ccc6-7)c5)cc5c4sc4ccccc45)c3)c3ccccc3-c3ccccc3)cc21. The number of hydrogen-bond donors (Lipinski definition) is 0. The lowest BCUT2D eigenvalue weighted by molar-refractivity contribution is 0.660. The molecule has 0 aliphatic heterocycles. The van der Waals surface area contributed by atoms with Gasteiger partial charge in [-0.1, -0.05) is 319 Å². The van der Waals surface area contributed by atoms with Crippen LogP contribution in [-0.2, 0) is 10.8 Å². The molecule has 0 N–H and O–H groups in total. The lowest BCUT2D eigenvalue weighted by Gasteiger charge is -2.31. The predicted molar refractivity (Wildman–Crippen MR) is 519 cm³/mol. The minimum Gasteiger partial charge on any atom is -0.456 e. The van der Waals surface area contributed by atoms with Crippen LogP contribution in [0.4, 0.5) is 34.1 Å². The summed E-state index contributed by atoms with van der Waals surface area (Å²) in [5, 5.41) is 14.8. The lowest BCUT2D eigenvalue weighted by Crippen LogP contribution is -2.17. The molecule has 2 aromatic heterocycles. The van der Waals surface area contributed by atoms with Crippen LogP contribution in [0.1, 0.15) is 49.9 Å². The highest BCUT2D eigenvalue weighted by atomic mass is 32.1. The number of fused-ring (bicyclic) bond motifs is 18. The second-order valence-electron chi connectivity index (χ2n) is 34.2. The van der Waals surface area contributed by atoms with Crippen molar-refractivity contribution in [1.82, 2.24) is 0 Å². The Morgan fingerprint density at radius 3 is 1.22 bits per heavy atom. The maximum Gasteiger partial charge on any atom is 0.135 e. The molecule has 0 spiro atoms. The summed E-state index contributed by atoms with van der Waals surface area (Å²) in [7, 11) is 0. The molecule has 2 aliphatic rings. The quantitative estimate of drug-likeness (QED) is 0.107. The van der Waals surface area contributed by atoms with Crippen molar-refractivity contribution in [1.29, 1.82) is 0 Å². The van der Waals surface area contributed by atoms with Gasteiger partial charge in [-0.2, -0.15) is 0 Å².